The third-order valence-corrected chi connectivity index (χ3v) is 3.72. The van der Waals surface area contributed by atoms with Crippen molar-refractivity contribution in [3.05, 3.63) is 29.8 Å². The predicted octanol–water partition coefficient (Wildman–Crippen LogP) is 1.96. The molecule has 1 aliphatic rings. The number of amides is 2. The van der Waals surface area contributed by atoms with Crippen molar-refractivity contribution in [2.24, 2.45) is 0 Å². The van der Waals surface area contributed by atoms with E-state index in [2.05, 4.69) is 5.32 Å². The van der Waals surface area contributed by atoms with Crippen LogP contribution in [0.5, 0.6) is 5.75 Å². The van der Waals surface area contributed by atoms with Gasteiger partial charge in [0.15, 0.2) is 0 Å². The Bertz CT molecular complexity index is 609. The van der Waals surface area contributed by atoms with Crippen LogP contribution >= 0.6 is 0 Å². The Morgan fingerprint density at radius 3 is 2.58 bits per heavy atom. The lowest BCUT2D eigenvalue weighted by molar-refractivity contribution is -0.131. The van der Waals surface area contributed by atoms with E-state index in [1.165, 1.54) is 6.92 Å². The van der Waals surface area contributed by atoms with Gasteiger partial charge in [0.2, 0.25) is 0 Å². The van der Waals surface area contributed by atoms with E-state index in [-0.39, 0.29) is 11.9 Å². The van der Waals surface area contributed by atoms with Crippen molar-refractivity contribution in [3.63, 3.8) is 0 Å². The zero-order chi connectivity index (χ0) is 17.5. The van der Waals surface area contributed by atoms with Crippen molar-refractivity contribution in [1.29, 1.82) is 0 Å². The number of hydrogen-bond acceptors (Lipinski definition) is 5. The lowest BCUT2D eigenvalue weighted by Gasteiger charge is -2.32. The summed E-state index contributed by atoms with van der Waals surface area (Å²) in [5, 5.41) is 2.79. The minimum atomic E-state index is -0.426. The standard InChI is InChI=1S/C17H22N2O5/c1-3-23-17(22)18-14-7-9-19(10-8-14)16(21)13-5-4-6-15(11-13)24-12(2)20/h4-6,11,14H,3,7-10H2,1-2H3,(H,18,22). The van der Waals surface area contributed by atoms with Gasteiger partial charge in [0.05, 0.1) is 6.61 Å². The van der Waals surface area contributed by atoms with Gasteiger partial charge < -0.3 is 19.7 Å². The molecule has 1 saturated heterocycles. The first-order chi connectivity index (χ1) is 11.5. The lowest BCUT2D eigenvalue weighted by Crippen LogP contribution is -2.46. The first-order valence-electron chi connectivity index (χ1n) is 8.00. The number of ether oxygens (including phenoxy) is 2. The molecule has 130 valence electrons. The van der Waals surface area contributed by atoms with Gasteiger partial charge >= 0.3 is 12.1 Å². The third kappa shape index (κ3) is 4.97. The molecule has 24 heavy (non-hydrogen) atoms. The van der Waals surface area contributed by atoms with E-state index >= 15 is 0 Å². The van der Waals surface area contributed by atoms with E-state index in [1.807, 2.05) is 0 Å². The molecular weight excluding hydrogens is 312 g/mol. The molecule has 0 unspecified atom stereocenters. The predicted molar refractivity (Wildman–Crippen MR) is 86.8 cm³/mol. The Morgan fingerprint density at radius 1 is 1.25 bits per heavy atom. The molecule has 0 atom stereocenters. The van der Waals surface area contributed by atoms with Gasteiger partial charge in [-0.15, -0.1) is 0 Å². The van der Waals surface area contributed by atoms with Gasteiger partial charge in [-0.2, -0.15) is 0 Å². The molecule has 2 rings (SSSR count). The van der Waals surface area contributed by atoms with Crippen molar-refractivity contribution in [2.45, 2.75) is 32.7 Å². The summed E-state index contributed by atoms with van der Waals surface area (Å²) in [7, 11) is 0. The first-order valence-corrected chi connectivity index (χ1v) is 8.00. The minimum Gasteiger partial charge on any atom is -0.450 e. The van der Waals surface area contributed by atoms with E-state index in [0.717, 1.165) is 0 Å². The molecule has 1 aromatic carbocycles. The van der Waals surface area contributed by atoms with Gasteiger partial charge in [0, 0.05) is 31.6 Å². The molecule has 0 spiro atoms. The number of carbonyl (C=O) groups is 3. The summed E-state index contributed by atoms with van der Waals surface area (Å²) >= 11 is 0. The van der Waals surface area contributed by atoms with Crippen molar-refractivity contribution >= 4 is 18.0 Å². The maximum Gasteiger partial charge on any atom is 0.407 e. The maximum atomic E-state index is 12.5. The van der Waals surface area contributed by atoms with Crippen LogP contribution in [0.1, 0.15) is 37.0 Å². The quantitative estimate of drug-likeness (QED) is 0.672. The summed E-state index contributed by atoms with van der Waals surface area (Å²) in [4.78, 5) is 36.7. The van der Waals surface area contributed by atoms with E-state index in [0.29, 0.717) is 43.9 Å². The molecule has 1 N–H and O–H groups in total. The highest BCUT2D eigenvalue weighted by molar-refractivity contribution is 5.94. The Balaban J connectivity index is 1.91. The number of esters is 1. The van der Waals surface area contributed by atoms with E-state index in [1.54, 1.807) is 36.1 Å². The van der Waals surface area contributed by atoms with Crippen LogP contribution in [-0.4, -0.2) is 48.6 Å². The highest BCUT2D eigenvalue weighted by atomic mass is 16.5. The second-order valence-corrected chi connectivity index (χ2v) is 5.55. The first kappa shape index (κ1) is 17.8. The summed E-state index contributed by atoms with van der Waals surface area (Å²) < 4.78 is 9.87. The molecule has 1 aromatic rings. The number of likely N-dealkylation sites (tertiary alicyclic amines) is 1. The number of carbonyl (C=O) groups excluding carboxylic acids is 3. The third-order valence-electron chi connectivity index (χ3n) is 3.72. The number of rotatable bonds is 4. The molecule has 1 heterocycles. The number of piperidine rings is 1. The van der Waals surface area contributed by atoms with Gasteiger partial charge in [-0.05, 0) is 38.0 Å². The summed E-state index contributed by atoms with van der Waals surface area (Å²) in [6.45, 7) is 4.50. The number of alkyl carbamates (subject to hydrolysis) is 1. The monoisotopic (exact) mass is 334 g/mol. The minimum absolute atomic E-state index is 0.0143. The fraction of sp³-hybridized carbons (Fsp3) is 0.471. The van der Waals surface area contributed by atoms with Crippen LogP contribution < -0.4 is 10.1 Å². The molecule has 0 saturated carbocycles. The fourth-order valence-corrected chi connectivity index (χ4v) is 2.61. The van der Waals surface area contributed by atoms with Crippen molar-refractivity contribution in [2.75, 3.05) is 19.7 Å². The van der Waals surface area contributed by atoms with Crippen molar-refractivity contribution in [1.82, 2.24) is 10.2 Å². The molecule has 7 nitrogen and oxygen atoms in total. The molecule has 0 radical (unpaired) electrons. The van der Waals surface area contributed by atoms with Gasteiger partial charge in [-0.3, -0.25) is 9.59 Å². The molecule has 7 heteroatoms. The molecule has 0 bridgehead atoms. The lowest BCUT2D eigenvalue weighted by atomic mass is 10.0. The van der Waals surface area contributed by atoms with Gasteiger partial charge in [0.25, 0.3) is 5.91 Å². The maximum absolute atomic E-state index is 12.5. The molecule has 1 aliphatic heterocycles. The Morgan fingerprint density at radius 2 is 1.96 bits per heavy atom. The van der Waals surface area contributed by atoms with Gasteiger partial charge in [0.1, 0.15) is 5.75 Å². The Kier molecular flexibility index (Phi) is 6.17. The van der Waals surface area contributed by atoms with E-state index in [9.17, 15) is 14.4 Å². The molecule has 2 amide bonds. The van der Waals surface area contributed by atoms with Crippen LogP contribution in [-0.2, 0) is 9.53 Å². The molecule has 0 aromatic heterocycles. The van der Waals surface area contributed by atoms with E-state index in [4.69, 9.17) is 9.47 Å². The van der Waals surface area contributed by atoms with Crippen LogP contribution in [0.15, 0.2) is 24.3 Å². The van der Waals surface area contributed by atoms with Gasteiger partial charge in [-0.1, -0.05) is 6.07 Å². The SMILES string of the molecule is CCOC(=O)NC1CCN(C(=O)c2cccc(OC(C)=O)c2)CC1. The Hall–Kier alpha value is -2.57. The van der Waals surface area contributed by atoms with Crippen molar-refractivity contribution < 1.29 is 23.9 Å². The second-order valence-electron chi connectivity index (χ2n) is 5.55. The normalized spacial score (nSPS) is 14.8. The summed E-state index contributed by atoms with van der Waals surface area (Å²) in [6, 6.07) is 6.58. The molecule has 1 fully saturated rings. The number of nitrogens with zero attached hydrogens (tertiary/aromatic N) is 1. The Labute approximate surface area is 140 Å². The molecular formula is C17H22N2O5. The zero-order valence-electron chi connectivity index (χ0n) is 13.9. The molecule has 0 aliphatic carbocycles. The average Bonchev–Trinajstić information content (AvgIpc) is 2.55. The van der Waals surface area contributed by atoms with Crippen LogP contribution in [0.4, 0.5) is 4.79 Å². The smallest absolute Gasteiger partial charge is 0.407 e. The summed E-state index contributed by atoms with van der Waals surface area (Å²) in [5.74, 6) is -0.184. The topological polar surface area (TPSA) is 84.9 Å². The van der Waals surface area contributed by atoms with Crippen LogP contribution in [0.2, 0.25) is 0 Å². The summed E-state index contributed by atoms with van der Waals surface area (Å²) in [5.41, 5.74) is 0.477. The second kappa shape index (κ2) is 8.33. The average molecular weight is 334 g/mol. The largest absolute Gasteiger partial charge is 0.450 e. The highest BCUT2D eigenvalue weighted by Crippen LogP contribution is 2.18. The number of benzene rings is 1. The van der Waals surface area contributed by atoms with E-state index < -0.39 is 12.1 Å². The summed E-state index contributed by atoms with van der Waals surface area (Å²) in [6.07, 6.45) is 0.930. The van der Waals surface area contributed by atoms with Crippen LogP contribution in [0.3, 0.4) is 0 Å². The zero-order valence-corrected chi connectivity index (χ0v) is 13.9. The number of hydrogen-bond donors (Lipinski definition) is 1. The number of nitrogens with one attached hydrogen (secondary N) is 1. The van der Waals surface area contributed by atoms with Crippen molar-refractivity contribution in [3.8, 4) is 5.75 Å². The fourth-order valence-electron chi connectivity index (χ4n) is 2.61. The highest BCUT2D eigenvalue weighted by Gasteiger charge is 2.25. The van der Waals surface area contributed by atoms with Gasteiger partial charge in [-0.25, -0.2) is 4.79 Å². The van der Waals surface area contributed by atoms with Crippen LogP contribution in [0, 0.1) is 0 Å². The van der Waals surface area contributed by atoms with Crippen LogP contribution in [0.25, 0.3) is 0 Å².